The predicted octanol–water partition coefficient (Wildman–Crippen LogP) is 1.10. The van der Waals surface area contributed by atoms with Gasteiger partial charge in [-0.15, -0.1) is 19.0 Å². The fourth-order valence-corrected chi connectivity index (χ4v) is 0.750. The van der Waals surface area contributed by atoms with Crippen molar-refractivity contribution < 1.29 is 4.79 Å². The van der Waals surface area contributed by atoms with E-state index in [-0.39, 0.29) is 23.9 Å². The number of carbonyl (C=O) groups excluding carboxylic acids is 1. The van der Waals surface area contributed by atoms with Gasteiger partial charge in [-0.1, -0.05) is 6.08 Å². The van der Waals surface area contributed by atoms with Gasteiger partial charge in [-0.3, -0.25) is 4.79 Å². The summed E-state index contributed by atoms with van der Waals surface area (Å²) in [6, 6.07) is 0. The molecule has 0 saturated heterocycles. The zero-order valence-electron chi connectivity index (χ0n) is 8.52. The number of carbonyl (C=O) groups is 1. The molecule has 0 fully saturated rings. The highest BCUT2D eigenvalue weighted by molar-refractivity contribution is 5.85. The van der Waals surface area contributed by atoms with Crippen LogP contribution in [0.15, 0.2) is 12.7 Å². The normalized spacial score (nSPS) is 10.1. The van der Waals surface area contributed by atoms with E-state index in [9.17, 15) is 4.79 Å². The Hall–Kier alpha value is -0.540. The number of halogens is 1. The zero-order valence-corrected chi connectivity index (χ0v) is 9.33. The van der Waals surface area contributed by atoms with Gasteiger partial charge in [0.05, 0.1) is 6.54 Å². The first-order chi connectivity index (χ1) is 5.45. The molecule has 0 heterocycles. The van der Waals surface area contributed by atoms with Crippen molar-refractivity contribution in [1.82, 2.24) is 10.6 Å². The van der Waals surface area contributed by atoms with Crippen molar-refractivity contribution in [2.45, 2.75) is 26.3 Å². The van der Waals surface area contributed by atoms with E-state index in [1.54, 1.807) is 6.08 Å². The first kappa shape index (κ1) is 15.0. The van der Waals surface area contributed by atoms with Crippen LogP contribution in [-0.2, 0) is 4.79 Å². The second-order valence-corrected chi connectivity index (χ2v) is 3.72. The lowest BCUT2D eigenvalue weighted by molar-refractivity contribution is -0.121. The molecule has 78 valence electrons. The molecule has 0 saturated carbocycles. The highest BCUT2D eigenvalue weighted by atomic mass is 35.5. The molecule has 0 aliphatic heterocycles. The number of nitrogens with one attached hydrogen (secondary N) is 2. The summed E-state index contributed by atoms with van der Waals surface area (Å²) in [7, 11) is 0. The molecule has 13 heavy (non-hydrogen) atoms. The third-order valence-corrected chi connectivity index (χ3v) is 1.09. The Bertz CT molecular complexity index is 163. The minimum absolute atomic E-state index is 0. The van der Waals surface area contributed by atoms with Crippen LogP contribution in [0.2, 0.25) is 0 Å². The maximum absolute atomic E-state index is 11.1. The SMILES string of the molecule is C=CCNCC(=O)NC(C)(C)C.Cl. The maximum atomic E-state index is 11.1. The average Bonchev–Trinajstić information content (AvgIpc) is 1.84. The second kappa shape index (κ2) is 6.92. The third-order valence-electron chi connectivity index (χ3n) is 1.09. The Morgan fingerprint density at radius 3 is 2.38 bits per heavy atom. The molecule has 0 aromatic carbocycles. The van der Waals surface area contributed by atoms with Gasteiger partial charge in [0, 0.05) is 12.1 Å². The van der Waals surface area contributed by atoms with Gasteiger partial charge in [0.25, 0.3) is 0 Å². The van der Waals surface area contributed by atoms with Crippen LogP contribution in [0.4, 0.5) is 0 Å². The lowest BCUT2D eigenvalue weighted by Gasteiger charge is -2.20. The minimum Gasteiger partial charge on any atom is -0.350 e. The largest absolute Gasteiger partial charge is 0.350 e. The van der Waals surface area contributed by atoms with Gasteiger partial charge in [-0.05, 0) is 20.8 Å². The fourth-order valence-electron chi connectivity index (χ4n) is 0.750. The summed E-state index contributed by atoms with van der Waals surface area (Å²) < 4.78 is 0. The summed E-state index contributed by atoms with van der Waals surface area (Å²) in [5.41, 5.74) is -0.146. The summed E-state index contributed by atoms with van der Waals surface area (Å²) in [6.45, 7) is 10.4. The first-order valence-electron chi connectivity index (χ1n) is 4.08. The molecule has 0 radical (unpaired) electrons. The van der Waals surface area contributed by atoms with E-state index >= 15 is 0 Å². The highest BCUT2D eigenvalue weighted by Crippen LogP contribution is 1.96. The second-order valence-electron chi connectivity index (χ2n) is 3.72. The van der Waals surface area contributed by atoms with Gasteiger partial charge in [0.15, 0.2) is 0 Å². The van der Waals surface area contributed by atoms with E-state index in [1.807, 2.05) is 20.8 Å². The molecule has 0 atom stereocenters. The van der Waals surface area contributed by atoms with Crippen LogP contribution in [0.5, 0.6) is 0 Å². The van der Waals surface area contributed by atoms with Crippen molar-refractivity contribution in [3.05, 3.63) is 12.7 Å². The van der Waals surface area contributed by atoms with E-state index in [0.29, 0.717) is 13.1 Å². The number of hydrogen-bond donors (Lipinski definition) is 2. The van der Waals surface area contributed by atoms with E-state index in [1.165, 1.54) is 0 Å². The smallest absolute Gasteiger partial charge is 0.234 e. The highest BCUT2D eigenvalue weighted by Gasteiger charge is 2.12. The van der Waals surface area contributed by atoms with Crippen LogP contribution in [0, 0.1) is 0 Å². The lowest BCUT2D eigenvalue weighted by Crippen LogP contribution is -2.44. The molecule has 0 aliphatic rings. The average molecular weight is 207 g/mol. The Morgan fingerprint density at radius 2 is 2.00 bits per heavy atom. The third kappa shape index (κ3) is 11.5. The lowest BCUT2D eigenvalue weighted by atomic mass is 10.1. The first-order valence-corrected chi connectivity index (χ1v) is 4.08. The quantitative estimate of drug-likeness (QED) is 0.534. The van der Waals surface area contributed by atoms with Crippen LogP contribution in [0.3, 0.4) is 0 Å². The molecule has 0 rings (SSSR count). The van der Waals surface area contributed by atoms with Gasteiger partial charge in [-0.2, -0.15) is 0 Å². The molecule has 0 bridgehead atoms. The molecule has 0 aromatic heterocycles. The Kier molecular flexibility index (Phi) is 7.96. The van der Waals surface area contributed by atoms with Gasteiger partial charge >= 0.3 is 0 Å². The van der Waals surface area contributed by atoms with Crippen molar-refractivity contribution in [2.24, 2.45) is 0 Å². The van der Waals surface area contributed by atoms with Crippen molar-refractivity contribution in [3.63, 3.8) is 0 Å². The van der Waals surface area contributed by atoms with Crippen molar-refractivity contribution in [2.75, 3.05) is 13.1 Å². The molecular weight excluding hydrogens is 188 g/mol. The molecule has 4 heteroatoms. The summed E-state index contributed by atoms with van der Waals surface area (Å²) in [5, 5.41) is 5.77. The van der Waals surface area contributed by atoms with Crippen LogP contribution < -0.4 is 10.6 Å². The number of amides is 1. The Labute approximate surface area is 86.4 Å². The number of rotatable bonds is 4. The topological polar surface area (TPSA) is 41.1 Å². The standard InChI is InChI=1S/C9H18N2O.ClH/c1-5-6-10-7-8(12)11-9(2,3)4;/h5,10H,1,6-7H2,2-4H3,(H,11,12);1H. The Morgan fingerprint density at radius 1 is 1.46 bits per heavy atom. The van der Waals surface area contributed by atoms with Crippen LogP contribution in [0.1, 0.15) is 20.8 Å². The summed E-state index contributed by atoms with van der Waals surface area (Å²) in [5.74, 6) is 0.0179. The fraction of sp³-hybridized carbons (Fsp3) is 0.667. The zero-order chi connectivity index (χ0) is 9.61. The Balaban J connectivity index is 0. The van der Waals surface area contributed by atoms with Crippen LogP contribution in [-0.4, -0.2) is 24.5 Å². The van der Waals surface area contributed by atoms with E-state index in [0.717, 1.165) is 0 Å². The molecule has 0 aromatic rings. The van der Waals surface area contributed by atoms with Gasteiger partial charge < -0.3 is 10.6 Å². The molecular formula is C9H19ClN2O. The maximum Gasteiger partial charge on any atom is 0.234 e. The van der Waals surface area contributed by atoms with Gasteiger partial charge in [0.2, 0.25) is 5.91 Å². The molecule has 0 spiro atoms. The molecule has 3 nitrogen and oxygen atoms in total. The van der Waals surface area contributed by atoms with E-state index in [2.05, 4.69) is 17.2 Å². The predicted molar refractivity (Wildman–Crippen MR) is 58.2 cm³/mol. The molecule has 0 aliphatic carbocycles. The van der Waals surface area contributed by atoms with E-state index in [4.69, 9.17) is 0 Å². The van der Waals surface area contributed by atoms with Crippen LogP contribution >= 0.6 is 12.4 Å². The summed E-state index contributed by atoms with van der Waals surface area (Å²) in [6.07, 6.45) is 1.73. The minimum atomic E-state index is -0.146. The summed E-state index contributed by atoms with van der Waals surface area (Å²) in [4.78, 5) is 11.1. The van der Waals surface area contributed by atoms with E-state index < -0.39 is 0 Å². The van der Waals surface area contributed by atoms with Crippen molar-refractivity contribution in [3.8, 4) is 0 Å². The monoisotopic (exact) mass is 206 g/mol. The number of hydrogen-bond acceptors (Lipinski definition) is 2. The van der Waals surface area contributed by atoms with Crippen molar-refractivity contribution in [1.29, 1.82) is 0 Å². The summed E-state index contributed by atoms with van der Waals surface area (Å²) >= 11 is 0. The van der Waals surface area contributed by atoms with Gasteiger partial charge in [0.1, 0.15) is 0 Å². The van der Waals surface area contributed by atoms with Crippen LogP contribution in [0.25, 0.3) is 0 Å². The van der Waals surface area contributed by atoms with Gasteiger partial charge in [-0.25, -0.2) is 0 Å². The molecule has 2 N–H and O–H groups in total. The molecule has 1 amide bonds. The molecule has 0 unspecified atom stereocenters. The van der Waals surface area contributed by atoms with Crippen molar-refractivity contribution >= 4 is 18.3 Å².